The molecule has 0 radical (unpaired) electrons. The quantitative estimate of drug-likeness (QED) is 0.765. The summed E-state index contributed by atoms with van der Waals surface area (Å²) >= 11 is 1.24. The number of thiophene rings is 1. The highest BCUT2D eigenvalue weighted by molar-refractivity contribution is 7.12. The minimum atomic E-state index is -0.225. The third kappa shape index (κ3) is 4.47. The van der Waals surface area contributed by atoms with Crippen LogP contribution in [0.5, 0.6) is 0 Å². The second-order valence-corrected chi connectivity index (χ2v) is 5.95. The molecule has 2 rings (SSSR count). The second-order valence-electron chi connectivity index (χ2n) is 5.04. The van der Waals surface area contributed by atoms with Crippen molar-refractivity contribution in [2.45, 2.75) is 13.3 Å². The van der Waals surface area contributed by atoms with E-state index < -0.39 is 0 Å². The Labute approximate surface area is 133 Å². The van der Waals surface area contributed by atoms with E-state index in [1.54, 1.807) is 17.6 Å². The number of rotatable bonds is 7. The number of hydrogen-bond acceptors (Lipinski definition) is 5. The Balaban J connectivity index is 1.89. The Bertz CT molecular complexity index is 640. The van der Waals surface area contributed by atoms with Crippen molar-refractivity contribution in [3.05, 3.63) is 52.0 Å². The van der Waals surface area contributed by atoms with Crippen LogP contribution in [0.25, 0.3) is 0 Å². The summed E-state index contributed by atoms with van der Waals surface area (Å²) in [7, 11) is 0. The van der Waals surface area contributed by atoms with Crippen LogP contribution in [0.4, 0.5) is 0 Å². The van der Waals surface area contributed by atoms with Gasteiger partial charge in [-0.25, -0.2) is 0 Å². The lowest BCUT2D eigenvalue weighted by atomic mass is 10.0. The summed E-state index contributed by atoms with van der Waals surface area (Å²) in [5.41, 5.74) is 1.42. The first-order valence-corrected chi connectivity index (χ1v) is 7.86. The van der Waals surface area contributed by atoms with Gasteiger partial charge in [-0.2, -0.15) is 0 Å². The second kappa shape index (κ2) is 7.82. The SMILES string of the molecule is CC(=O)c1csc(C(=O)NCC(CO)Cc2ccccn2)c1. The molecule has 2 aromatic rings. The zero-order valence-electron chi connectivity index (χ0n) is 12.3. The van der Waals surface area contributed by atoms with Crippen LogP contribution < -0.4 is 5.32 Å². The Morgan fingerprint density at radius 2 is 2.23 bits per heavy atom. The number of Topliss-reactive ketones (excluding diaryl/α,β-unsaturated/α-hetero) is 1. The van der Waals surface area contributed by atoms with Crippen LogP contribution in [0, 0.1) is 5.92 Å². The maximum absolute atomic E-state index is 12.0. The number of aliphatic hydroxyl groups excluding tert-OH is 1. The Morgan fingerprint density at radius 3 is 2.82 bits per heavy atom. The molecule has 0 aromatic carbocycles. The molecule has 0 bridgehead atoms. The van der Waals surface area contributed by atoms with Crippen molar-refractivity contribution in [3.63, 3.8) is 0 Å². The molecule has 116 valence electrons. The van der Waals surface area contributed by atoms with Crippen LogP contribution >= 0.6 is 11.3 Å². The van der Waals surface area contributed by atoms with Gasteiger partial charge in [0.15, 0.2) is 5.78 Å². The average molecular weight is 318 g/mol. The summed E-state index contributed by atoms with van der Waals surface area (Å²) in [4.78, 5) is 28.0. The number of carbonyl (C=O) groups excluding carboxylic acids is 2. The molecule has 2 aromatic heterocycles. The van der Waals surface area contributed by atoms with E-state index in [9.17, 15) is 14.7 Å². The molecule has 2 N–H and O–H groups in total. The van der Waals surface area contributed by atoms with E-state index in [2.05, 4.69) is 10.3 Å². The smallest absolute Gasteiger partial charge is 0.261 e. The summed E-state index contributed by atoms with van der Waals surface area (Å²) in [6.45, 7) is 1.80. The first kappa shape index (κ1) is 16.3. The Morgan fingerprint density at radius 1 is 1.41 bits per heavy atom. The van der Waals surface area contributed by atoms with Crippen molar-refractivity contribution < 1.29 is 14.7 Å². The van der Waals surface area contributed by atoms with Gasteiger partial charge in [-0.15, -0.1) is 11.3 Å². The largest absolute Gasteiger partial charge is 0.396 e. The fourth-order valence-electron chi connectivity index (χ4n) is 1.98. The van der Waals surface area contributed by atoms with Crippen LogP contribution in [-0.2, 0) is 6.42 Å². The van der Waals surface area contributed by atoms with Gasteiger partial charge in [0.05, 0.1) is 4.88 Å². The Kier molecular flexibility index (Phi) is 5.80. The van der Waals surface area contributed by atoms with Crippen molar-refractivity contribution in [2.24, 2.45) is 5.92 Å². The van der Waals surface area contributed by atoms with Crippen molar-refractivity contribution in [2.75, 3.05) is 13.2 Å². The van der Waals surface area contributed by atoms with Gasteiger partial charge >= 0.3 is 0 Å². The number of hydrogen-bond donors (Lipinski definition) is 2. The van der Waals surface area contributed by atoms with E-state index in [1.807, 2.05) is 18.2 Å². The molecule has 22 heavy (non-hydrogen) atoms. The number of aromatic nitrogens is 1. The van der Waals surface area contributed by atoms with Crippen molar-refractivity contribution in [3.8, 4) is 0 Å². The molecule has 0 spiro atoms. The molecule has 0 aliphatic rings. The standard InChI is InChI=1S/C16H18N2O3S/c1-11(20)13-7-15(22-10-13)16(21)18-8-12(9-19)6-14-4-2-3-5-17-14/h2-5,7,10,12,19H,6,8-9H2,1H3,(H,18,21). The summed E-state index contributed by atoms with van der Waals surface area (Å²) in [6.07, 6.45) is 2.30. The van der Waals surface area contributed by atoms with Gasteiger partial charge in [0.2, 0.25) is 0 Å². The van der Waals surface area contributed by atoms with Crippen molar-refractivity contribution in [1.29, 1.82) is 0 Å². The van der Waals surface area contributed by atoms with Gasteiger partial charge < -0.3 is 10.4 Å². The van der Waals surface area contributed by atoms with Crippen LogP contribution in [0.3, 0.4) is 0 Å². The molecule has 2 heterocycles. The number of nitrogens with zero attached hydrogens (tertiary/aromatic N) is 1. The van der Waals surface area contributed by atoms with Gasteiger partial charge in [0.25, 0.3) is 5.91 Å². The van der Waals surface area contributed by atoms with Crippen LogP contribution in [0.2, 0.25) is 0 Å². The summed E-state index contributed by atoms with van der Waals surface area (Å²) in [6, 6.07) is 7.21. The molecule has 1 amide bonds. The normalized spacial score (nSPS) is 11.9. The van der Waals surface area contributed by atoms with Gasteiger partial charge in [0, 0.05) is 41.9 Å². The predicted molar refractivity (Wildman–Crippen MR) is 85.2 cm³/mol. The zero-order valence-corrected chi connectivity index (χ0v) is 13.1. The molecular weight excluding hydrogens is 300 g/mol. The van der Waals surface area contributed by atoms with Crippen molar-refractivity contribution >= 4 is 23.0 Å². The maximum atomic E-state index is 12.0. The zero-order chi connectivity index (χ0) is 15.9. The number of carbonyl (C=O) groups is 2. The van der Waals surface area contributed by atoms with Crippen LogP contribution in [-0.4, -0.2) is 34.9 Å². The fraction of sp³-hybridized carbons (Fsp3) is 0.312. The number of nitrogens with one attached hydrogen (secondary N) is 1. The molecule has 0 aliphatic carbocycles. The van der Waals surface area contributed by atoms with Crippen LogP contribution in [0.15, 0.2) is 35.8 Å². The highest BCUT2D eigenvalue weighted by Crippen LogP contribution is 2.15. The summed E-state index contributed by atoms with van der Waals surface area (Å²) < 4.78 is 0. The highest BCUT2D eigenvalue weighted by atomic mass is 32.1. The molecule has 0 fully saturated rings. The molecule has 1 unspecified atom stereocenters. The average Bonchev–Trinajstić information content (AvgIpc) is 3.02. The summed E-state index contributed by atoms with van der Waals surface area (Å²) in [5.74, 6) is -0.373. The van der Waals surface area contributed by atoms with Crippen molar-refractivity contribution in [1.82, 2.24) is 10.3 Å². The monoisotopic (exact) mass is 318 g/mol. The lowest BCUT2D eigenvalue weighted by molar-refractivity contribution is 0.0943. The molecule has 0 aliphatic heterocycles. The maximum Gasteiger partial charge on any atom is 0.261 e. The predicted octanol–water partition coefficient (Wildman–Crippen LogP) is 1.93. The minimum Gasteiger partial charge on any atom is -0.396 e. The van der Waals surface area contributed by atoms with Gasteiger partial charge in [-0.1, -0.05) is 6.07 Å². The molecule has 6 heteroatoms. The first-order valence-electron chi connectivity index (χ1n) is 6.98. The minimum absolute atomic E-state index is 0.0278. The van der Waals surface area contributed by atoms with Gasteiger partial charge in [0.1, 0.15) is 0 Å². The molecule has 0 saturated heterocycles. The van der Waals surface area contributed by atoms with Gasteiger partial charge in [-0.3, -0.25) is 14.6 Å². The van der Waals surface area contributed by atoms with E-state index in [0.29, 0.717) is 23.4 Å². The van der Waals surface area contributed by atoms with E-state index in [0.717, 1.165) is 5.69 Å². The van der Waals surface area contributed by atoms with Gasteiger partial charge in [-0.05, 0) is 31.5 Å². The molecule has 1 atom stereocenters. The van der Waals surface area contributed by atoms with E-state index >= 15 is 0 Å². The number of ketones is 1. The number of aliphatic hydroxyl groups is 1. The third-order valence-corrected chi connectivity index (χ3v) is 4.19. The van der Waals surface area contributed by atoms with E-state index in [-0.39, 0.29) is 24.2 Å². The third-order valence-electron chi connectivity index (χ3n) is 3.26. The summed E-state index contributed by atoms with van der Waals surface area (Å²) in [5, 5.41) is 13.9. The van der Waals surface area contributed by atoms with E-state index in [4.69, 9.17) is 0 Å². The van der Waals surface area contributed by atoms with Crippen LogP contribution in [0.1, 0.15) is 32.6 Å². The highest BCUT2D eigenvalue weighted by Gasteiger charge is 2.14. The lowest BCUT2D eigenvalue weighted by Crippen LogP contribution is -2.31. The number of amides is 1. The fourth-order valence-corrected chi connectivity index (χ4v) is 2.84. The van der Waals surface area contributed by atoms with E-state index in [1.165, 1.54) is 18.3 Å². The molecule has 5 nitrogen and oxygen atoms in total. The molecule has 0 saturated carbocycles. The lowest BCUT2D eigenvalue weighted by Gasteiger charge is -2.14. The first-order chi connectivity index (χ1) is 10.6. The molecular formula is C16H18N2O3S. The topological polar surface area (TPSA) is 79.3 Å². The Hall–Kier alpha value is -2.05. The number of pyridine rings is 1.